The fourth-order valence-corrected chi connectivity index (χ4v) is 4.93. The van der Waals surface area contributed by atoms with Crippen molar-refractivity contribution in [1.82, 2.24) is 4.90 Å². The summed E-state index contributed by atoms with van der Waals surface area (Å²) >= 11 is 0. The number of rotatable bonds is 8. The highest BCUT2D eigenvalue weighted by molar-refractivity contribution is 5.98. The topological polar surface area (TPSA) is 36.0 Å². The average Bonchev–Trinajstić information content (AvgIpc) is 3.15. The lowest BCUT2D eigenvalue weighted by Gasteiger charge is -2.35. The Morgan fingerprint density at radius 2 is 1.41 bits per heavy atom. The lowest BCUT2D eigenvalue weighted by atomic mass is 9.77. The van der Waals surface area contributed by atoms with Crippen molar-refractivity contribution in [3.05, 3.63) is 94.5 Å². The summed E-state index contributed by atoms with van der Waals surface area (Å²) in [6.45, 7) is 7.05. The molecule has 0 radical (unpaired) electrons. The van der Waals surface area contributed by atoms with E-state index in [2.05, 4.69) is 66.1 Å². The highest BCUT2D eigenvalue weighted by Gasteiger charge is 2.51. The van der Waals surface area contributed by atoms with Crippen LogP contribution in [0, 0.1) is 0 Å². The number of benzene rings is 3. The van der Waals surface area contributed by atoms with E-state index in [1.54, 1.807) is 0 Å². The fourth-order valence-electron chi connectivity index (χ4n) is 4.93. The van der Waals surface area contributed by atoms with Crippen LogP contribution in [0.1, 0.15) is 46.5 Å². The molecule has 0 fully saturated rings. The summed E-state index contributed by atoms with van der Waals surface area (Å²) in [5.74, 6) is -0.287. The normalized spacial score (nSPS) is 17.0. The molecule has 1 unspecified atom stereocenters. The summed E-state index contributed by atoms with van der Waals surface area (Å²) in [6, 6.07) is 22.7. The van der Waals surface area contributed by atoms with Crippen LogP contribution in [0.3, 0.4) is 0 Å². The van der Waals surface area contributed by atoms with Gasteiger partial charge in [0.15, 0.2) is 5.60 Å². The zero-order valence-electron chi connectivity index (χ0n) is 21.1. The van der Waals surface area contributed by atoms with Crippen LogP contribution in [-0.4, -0.2) is 52.1 Å². The molecule has 1 atom stereocenters. The van der Waals surface area contributed by atoms with Crippen molar-refractivity contribution < 1.29 is 9.53 Å². The molecular formula is C29H35N3O2. The van der Waals surface area contributed by atoms with E-state index in [9.17, 15) is 4.79 Å². The minimum Gasteiger partial charge on any atom is -0.440 e. The predicted molar refractivity (Wildman–Crippen MR) is 140 cm³/mol. The largest absolute Gasteiger partial charge is 0.440 e. The van der Waals surface area contributed by atoms with Crippen molar-refractivity contribution in [3.8, 4) is 0 Å². The second-order valence-electron chi connectivity index (χ2n) is 9.23. The summed E-state index contributed by atoms with van der Waals surface area (Å²) < 4.78 is 6.50. The number of para-hydroxylation sites is 1. The molecule has 0 aromatic heterocycles. The highest BCUT2D eigenvalue weighted by atomic mass is 16.6. The third-order valence-electron chi connectivity index (χ3n) is 6.81. The molecular weight excluding hydrogens is 422 g/mol. The Kier molecular flexibility index (Phi) is 6.67. The first-order valence-corrected chi connectivity index (χ1v) is 12.0. The first-order valence-electron chi connectivity index (χ1n) is 12.0. The third-order valence-corrected chi connectivity index (χ3v) is 6.81. The van der Waals surface area contributed by atoms with E-state index in [1.807, 2.05) is 57.4 Å². The number of cyclic esters (lactones) is 1. The Hall–Kier alpha value is -3.31. The van der Waals surface area contributed by atoms with Crippen molar-refractivity contribution in [2.45, 2.75) is 26.0 Å². The van der Waals surface area contributed by atoms with Crippen LogP contribution in [0.4, 0.5) is 11.4 Å². The minimum atomic E-state index is -1.03. The van der Waals surface area contributed by atoms with Gasteiger partial charge in [-0.1, -0.05) is 62.4 Å². The number of fused-ring (bicyclic) bond motifs is 1. The van der Waals surface area contributed by atoms with E-state index in [-0.39, 0.29) is 5.97 Å². The van der Waals surface area contributed by atoms with Crippen molar-refractivity contribution in [1.29, 1.82) is 0 Å². The van der Waals surface area contributed by atoms with Gasteiger partial charge in [-0.05, 0) is 36.9 Å². The molecule has 0 saturated carbocycles. The Bertz CT molecular complexity index is 1180. The van der Waals surface area contributed by atoms with E-state index in [0.29, 0.717) is 5.56 Å². The number of ether oxygens (including phenoxy) is 1. The first kappa shape index (κ1) is 23.8. The van der Waals surface area contributed by atoms with Gasteiger partial charge in [-0.25, -0.2) is 4.79 Å². The number of esters is 1. The molecule has 4 rings (SSSR count). The van der Waals surface area contributed by atoms with Gasteiger partial charge >= 0.3 is 5.97 Å². The maximum atomic E-state index is 13.5. The molecule has 1 aliphatic heterocycles. The van der Waals surface area contributed by atoms with E-state index in [0.717, 1.165) is 53.3 Å². The van der Waals surface area contributed by atoms with Gasteiger partial charge in [0, 0.05) is 62.8 Å². The average molecular weight is 458 g/mol. The number of carbonyl (C=O) groups excluding carboxylic acids is 1. The number of anilines is 2. The Labute approximate surface area is 203 Å². The predicted octanol–water partition coefficient (Wildman–Crippen LogP) is 5.12. The smallest absolute Gasteiger partial charge is 0.340 e. The van der Waals surface area contributed by atoms with Gasteiger partial charge in [0.1, 0.15) is 0 Å². The van der Waals surface area contributed by atoms with Crippen molar-refractivity contribution in [2.24, 2.45) is 0 Å². The molecule has 1 heterocycles. The molecule has 3 aromatic carbocycles. The van der Waals surface area contributed by atoms with E-state index < -0.39 is 5.60 Å². The summed E-state index contributed by atoms with van der Waals surface area (Å²) in [6.07, 6.45) is 0. The second kappa shape index (κ2) is 9.51. The van der Waals surface area contributed by atoms with Crippen LogP contribution in [0.5, 0.6) is 0 Å². The highest BCUT2D eigenvalue weighted by Crippen LogP contribution is 2.51. The standard InChI is InChI=1S/C29H35N3O2/c1-7-32(8-2)20-21-13-9-10-14-24(21)29(26-15-11-12-16-27(26)31(5)6)25-18-17-22(30(3)4)19-23(25)28(33)34-29/h9-19H,7-8,20H2,1-6H3. The summed E-state index contributed by atoms with van der Waals surface area (Å²) in [5, 5.41) is 0. The first-order chi connectivity index (χ1) is 16.3. The maximum Gasteiger partial charge on any atom is 0.340 e. The molecule has 5 nitrogen and oxygen atoms in total. The lowest BCUT2D eigenvalue weighted by molar-refractivity contribution is 0.0249. The van der Waals surface area contributed by atoms with Gasteiger partial charge in [0.05, 0.1) is 5.56 Å². The summed E-state index contributed by atoms with van der Waals surface area (Å²) in [4.78, 5) is 19.9. The molecule has 0 spiro atoms. The molecule has 0 amide bonds. The molecule has 0 bridgehead atoms. The molecule has 0 N–H and O–H groups in total. The van der Waals surface area contributed by atoms with Crippen LogP contribution in [0.25, 0.3) is 0 Å². The van der Waals surface area contributed by atoms with Crippen LogP contribution in [0.2, 0.25) is 0 Å². The molecule has 34 heavy (non-hydrogen) atoms. The zero-order chi connectivity index (χ0) is 24.5. The van der Waals surface area contributed by atoms with Gasteiger partial charge in [0.2, 0.25) is 0 Å². The zero-order valence-corrected chi connectivity index (χ0v) is 21.1. The van der Waals surface area contributed by atoms with Crippen LogP contribution < -0.4 is 9.80 Å². The van der Waals surface area contributed by atoms with Crippen molar-refractivity contribution >= 4 is 17.3 Å². The third kappa shape index (κ3) is 3.94. The molecule has 0 saturated heterocycles. The van der Waals surface area contributed by atoms with E-state index >= 15 is 0 Å². The van der Waals surface area contributed by atoms with Crippen molar-refractivity contribution in [3.63, 3.8) is 0 Å². The molecule has 3 aromatic rings. The van der Waals surface area contributed by atoms with Gasteiger partial charge < -0.3 is 14.5 Å². The lowest BCUT2D eigenvalue weighted by Crippen LogP contribution is -2.34. The summed E-state index contributed by atoms with van der Waals surface area (Å²) in [5.41, 5.74) is 5.64. The number of carbonyl (C=O) groups is 1. The Balaban J connectivity index is 2.05. The Morgan fingerprint density at radius 3 is 2.06 bits per heavy atom. The molecule has 5 heteroatoms. The number of hydrogen-bond donors (Lipinski definition) is 0. The molecule has 0 aliphatic carbocycles. The van der Waals surface area contributed by atoms with E-state index in [4.69, 9.17) is 4.74 Å². The van der Waals surface area contributed by atoms with Gasteiger partial charge in [-0.3, -0.25) is 4.90 Å². The SMILES string of the molecule is CCN(CC)Cc1ccccc1C1(c2ccccc2N(C)C)OC(=O)c2cc(N(C)C)ccc21. The van der Waals surface area contributed by atoms with Gasteiger partial charge in [-0.2, -0.15) is 0 Å². The quantitative estimate of drug-likeness (QED) is 0.439. The molecule has 1 aliphatic rings. The maximum absolute atomic E-state index is 13.5. The van der Waals surface area contributed by atoms with Gasteiger partial charge in [0.25, 0.3) is 0 Å². The second-order valence-corrected chi connectivity index (χ2v) is 9.23. The minimum absolute atomic E-state index is 0.287. The summed E-state index contributed by atoms with van der Waals surface area (Å²) in [7, 11) is 8.02. The number of nitrogens with zero attached hydrogens (tertiary/aromatic N) is 3. The Morgan fingerprint density at radius 1 is 0.765 bits per heavy atom. The van der Waals surface area contributed by atoms with Crippen LogP contribution in [-0.2, 0) is 16.9 Å². The fraction of sp³-hybridized carbons (Fsp3) is 0.345. The van der Waals surface area contributed by atoms with Crippen LogP contribution in [0.15, 0.2) is 66.7 Å². The van der Waals surface area contributed by atoms with Crippen molar-refractivity contribution in [2.75, 3.05) is 51.1 Å². The van der Waals surface area contributed by atoms with E-state index in [1.165, 1.54) is 0 Å². The molecule has 178 valence electrons. The van der Waals surface area contributed by atoms with Gasteiger partial charge in [-0.15, -0.1) is 0 Å². The number of hydrogen-bond acceptors (Lipinski definition) is 5. The monoisotopic (exact) mass is 457 g/mol. The van der Waals surface area contributed by atoms with Crippen LogP contribution >= 0.6 is 0 Å².